The van der Waals surface area contributed by atoms with E-state index in [1.165, 1.54) is 16.9 Å². The number of nitrogens with zero attached hydrogens (tertiary/aromatic N) is 3. The summed E-state index contributed by atoms with van der Waals surface area (Å²) in [5, 5.41) is 9.88. The monoisotopic (exact) mass is 293 g/mol. The van der Waals surface area contributed by atoms with Crippen molar-refractivity contribution in [2.75, 3.05) is 0 Å². The molecule has 1 aliphatic rings. The van der Waals surface area contributed by atoms with E-state index in [0.29, 0.717) is 17.2 Å². The molecule has 1 aromatic carbocycles. The van der Waals surface area contributed by atoms with Gasteiger partial charge in [0.2, 0.25) is 5.88 Å². The van der Waals surface area contributed by atoms with Crippen LogP contribution in [0, 0.1) is 11.3 Å². The lowest BCUT2D eigenvalue weighted by atomic mass is 10.2. The van der Waals surface area contributed by atoms with Crippen molar-refractivity contribution in [1.29, 1.82) is 5.26 Å². The molecule has 0 bridgehead atoms. The summed E-state index contributed by atoms with van der Waals surface area (Å²) in [4.78, 5) is 11.1. The summed E-state index contributed by atoms with van der Waals surface area (Å²) < 4.78 is 5.92. The third-order valence-electron chi connectivity index (χ3n) is 3.66. The van der Waals surface area contributed by atoms with E-state index < -0.39 is 0 Å². The van der Waals surface area contributed by atoms with Crippen LogP contribution in [0.1, 0.15) is 22.4 Å². The number of hydrogen-bond acceptors (Lipinski definition) is 5. The van der Waals surface area contributed by atoms with Crippen LogP contribution in [0.4, 0.5) is 0 Å². The predicted octanol–water partition coefficient (Wildman–Crippen LogP) is 3.84. The van der Waals surface area contributed by atoms with Gasteiger partial charge in [0.25, 0.3) is 0 Å². The minimum absolute atomic E-state index is 0.615. The number of ether oxygens (including phenoxy) is 1. The van der Waals surface area contributed by atoms with Crippen LogP contribution in [0.25, 0.3) is 10.2 Å². The van der Waals surface area contributed by atoms with Gasteiger partial charge in [-0.25, -0.2) is 9.97 Å². The quantitative estimate of drug-likeness (QED) is 0.720. The smallest absolute Gasteiger partial charge is 0.231 e. The Hall–Kier alpha value is -2.45. The second kappa shape index (κ2) is 4.83. The van der Waals surface area contributed by atoms with E-state index in [4.69, 9.17) is 10.00 Å². The second-order valence-electron chi connectivity index (χ2n) is 4.95. The number of aryl methyl sites for hydroxylation is 2. The number of aromatic nitrogens is 2. The summed E-state index contributed by atoms with van der Waals surface area (Å²) in [6.07, 6.45) is 4.95. The van der Waals surface area contributed by atoms with Crippen LogP contribution in [-0.4, -0.2) is 9.97 Å². The molecule has 0 saturated carbocycles. The molecule has 1 aliphatic carbocycles. The Morgan fingerprint density at radius 1 is 1.14 bits per heavy atom. The molecular formula is C16H11N3OS. The first-order chi connectivity index (χ1) is 10.3. The normalized spacial score (nSPS) is 13.1. The molecule has 2 aromatic heterocycles. The molecule has 21 heavy (non-hydrogen) atoms. The van der Waals surface area contributed by atoms with Gasteiger partial charge in [-0.2, -0.15) is 5.26 Å². The number of thiophene rings is 1. The van der Waals surface area contributed by atoms with E-state index in [1.54, 1.807) is 41.9 Å². The molecule has 0 spiro atoms. The highest BCUT2D eigenvalue weighted by Gasteiger charge is 2.22. The van der Waals surface area contributed by atoms with Crippen LogP contribution < -0.4 is 4.74 Å². The van der Waals surface area contributed by atoms with Gasteiger partial charge in [-0.15, -0.1) is 11.3 Å². The maximum Gasteiger partial charge on any atom is 0.231 e. The zero-order valence-electron chi connectivity index (χ0n) is 11.2. The van der Waals surface area contributed by atoms with Crippen molar-refractivity contribution in [3.63, 3.8) is 0 Å². The molecule has 0 atom stereocenters. The molecule has 2 heterocycles. The lowest BCUT2D eigenvalue weighted by Gasteiger charge is -2.06. The minimum Gasteiger partial charge on any atom is -0.438 e. The zero-order chi connectivity index (χ0) is 14.2. The molecule has 0 amide bonds. The Morgan fingerprint density at radius 3 is 2.81 bits per heavy atom. The number of fused-ring (bicyclic) bond motifs is 3. The summed E-state index contributed by atoms with van der Waals surface area (Å²) in [5.74, 6) is 1.30. The van der Waals surface area contributed by atoms with Crippen LogP contribution in [-0.2, 0) is 12.8 Å². The predicted molar refractivity (Wildman–Crippen MR) is 80.7 cm³/mol. The van der Waals surface area contributed by atoms with Gasteiger partial charge in [0.1, 0.15) is 16.9 Å². The lowest BCUT2D eigenvalue weighted by Crippen LogP contribution is -1.91. The average Bonchev–Trinajstić information content (AvgIpc) is 3.09. The lowest BCUT2D eigenvalue weighted by molar-refractivity contribution is 0.468. The van der Waals surface area contributed by atoms with Crippen molar-refractivity contribution in [3.05, 3.63) is 46.6 Å². The fourth-order valence-corrected chi connectivity index (χ4v) is 3.91. The third kappa shape index (κ3) is 2.05. The van der Waals surface area contributed by atoms with Crippen molar-refractivity contribution in [3.8, 4) is 17.7 Å². The molecule has 4 nitrogen and oxygen atoms in total. The molecule has 0 saturated heterocycles. The first-order valence-electron chi connectivity index (χ1n) is 6.78. The molecule has 0 N–H and O–H groups in total. The van der Waals surface area contributed by atoms with Crippen molar-refractivity contribution < 1.29 is 4.74 Å². The summed E-state index contributed by atoms with van der Waals surface area (Å²) in [6, 6.07) is 9.16. The van der Waals surface area contributed by atoms with Crippen molar-refractivity contribution in [2.45, 2.75) is 19.3 Å². The fraction of sp³-hybridized carbons (Fsp3) is 0.188. The Bertz CT molecular complexity index is 862. The van der Waals surface area contributed by atoms with Gasteiger partial charge < -0.3 is 4.74 Å². The molecule has 3 aromatic rings. The summed E-state index contributed by atoms with van der Waals surface area (Å²) in [7, 11) is 0. The Labute approximate surface area is 125 Å². The molecule has 4 rings (SSSR count). The topological polar surface area (TPSA) is 58.8 Å². The van der Waals surface area contributed by atoms with Crippen LogP contribution in [0.3, 0.4) is 0 Å². The van der Waals surface area contributed by atoms with E-state index in [1.807, 2.05) is 0 Å². The average molecular weight is 293 g/mol. The third-order valence-corrected chi connectivity index (χ3v) is 4.86. The van der Waals surface area contributed by atoms with E-state index in [2.05, 4.69) is 16.0 Å². The first-order valence-corrected chi connectivity index (χ1v) is 7.60. The van der Waals surface area contributed by atoms with Gasteiger partial charge in [-0.05, 0) is 49.1 Å². The van der Waals surface area contributed by atoms with Gasteiger partial charge in [0, 0.05) is 4.88 Å². The standard InChI is InChI=1S/C16H11N3OS/c17-8-10-4-6-11(7-5-10)20-15-14-12-2-1-3-13(12)21-16(14)19-9-18-15/h4-7,9H,1-3H2. The van der Waals surface area contributed by atoms with Crippen molar-refractivity contribution >= 4 is 21.6 Å². The SMILES string of the molecule is N#Cc1ccc(Oc2ncnc3sc4c(c23)CCC4)cc1. The van der Waals surface area contributed by atoms with Gasteiger partial charge in [0.05, 0.1) is 17.0 Å². The highest BCUT2D eigenvalue weighted by Crippen LogP contribution is 2.40. The largest absolute Gasteiger partial charge is 0.438 e. The molecular weight excluding hydrogens is 282 g/mol. The highest BCUT2D eigenvalue weighted by molar-refractivity contribution is 7.18. The number of nitriles is 1. The number of rotatable bonds is 2. The van der Waals surface area contributed by atoms with Crippen LogP contribution in [0.2, 0.25) is 0 Å². The van der Waals surface area contributed by atoms with E-state index in [9.17, 15) is 0 Å². The molecule has 0 radical (unpaired) electrons. The molecule has 0 unspecified atom stereocenters. The highest BCUT2D eigenvalue weighted by atomic mass is 32.1. The summed E-state index contributed by atoms with van der Waals surface area (Å²) in [5.41, 5.74) is 1.96. The minimum atomic E-state index is 0.615. The van der Waals surface area contributed by atoms with Gasteiger partial charge in [-0.1, -0.05) is 0 Å². The Morgan fingerprint density at radius 2 is 2.00 bits per heavy atom. The fourth-order valence-electron chi connectivity index (χ4n) is 2.69. The van der Waals surface area contributed by atoms with Gasteiger partial charge >= 0.3 is 0 Å². The van der Waals surface area contributed by atoms with Crippen molar-refractivity contribution in [2.24, 2.45) is 0 Å². The molecule has 0 aliphatic heterocycles. The van der Waals surface area contributed by atoms with E-state index >= 15 is 0 Å². The Kier molecular flexibility index (Phi) is 2.83. The molecule has 5 heteroatoms. The maximum atomic E-state index is 8.83. The number of hydrogen-bond donors (Lipinski definition) is 0. The van der Waals surface area contributed by atoms with Gasteiger partial charge in [-0.3, -0.25) is 0 Å². The van der Waals surface area contributed by atoms with Gasteiger partial charge in [0.15, 0.2) is 0 Å². The molecule has 102 valence electrons. The van der Waals surface area contributed by atoms with Crippen molar-refractivity contribution in [1.82, 2.24) is 9.97 Å². The summed E-state index contributed by atoms with van der Waals surface area (Å²) in [6.45, 7) is 0. The first kappa shape index (κ1) is 12.3. The van der Waals surface area contributed by atoms with Crippen LogP contribution in [0.5, 0.6) is 11.6 Å². The van der Waals surface area contributed by atoms with E-state index in [-0.39, 0.29) is 0 Å². The van der Waals surface area contributed by atoms with Crippen LogP contribution >= 0.6 is 11.3 Å². The van der Waals surface area contributed by atoms with Crippen LogP contribution in [0.15, 0.2) is 30.6 Å². The second-order valence-corrected chi connectivity index (χ2v) is 6.04. The van der Waals surface area contributed by atoms with E-state index in [0.717, 1.165) is 23.1 Å². The number of benzene rings is 1. The Balaban J connectivity index is 1.77. The molecule has 0 fully saturated rings. The maximum absolute atomic E-state index is 8.83. The zero-order valence-corrected chi connectivity index (χ0v) is 12.0. The summed E-state index contributed by atoms with van der Waals surface area (Å²) >= 11 is 1.74.